The van der Waals surface area contributed by atoms with Crippen molar-refractivity contribution in [3.05, 3.63) is 0 Å². The van der Waals surface area contributed by atoms with Crippen LogP contribution in [0.25, 0.3) is 0 Å². The van der Waals surface area contributed by atoms with Crippen molar-refractivity contribution in [3.63, 3.8) is 0 Å². The van der Waals surface area contributed by atoms with E-state index in [2.05, 4.69) is 10.3 Å². The van der Waals surface area contributed by atoms with E-state index in [1.54, 1.807) is 0 Å². The Hall–Kier alpha value is 0.910. The van der Waals surface area contributed by atoms with E-state index in [0.29, 0.717) is 0 Å². The van der Waals surface area contributed by atoms with Gasteiger partial charge in [-0.15, -0.1) is 0 Å². The maximum absolute atomic E-state index is 8.81. The molecule has 0 bridgehead atoms. The van der Waals surface area contributed by atoms with Gasteiger partial charge in [0.15, 0.2) is 0 Å². The van der Waals surface area contributed by atoms with Crippen LogP contribution in [-0.4, -0.2) is 0 Å². The first kappa shape index (κ1) is 9.32. The molecule has 0 aliphatic rings. The Morgan fingerprint density at radius 2 is 2.00 bits per heavy atom. The Bertz CT molecular complexity index is 11.6. The van der Waals surface area contributed by atoms with Gasteiger partial charge in [-0.25, -0.2) is 0 Å². The summed E-state index contributed by atoms with van der Waals surface area (Å²) in [6.07, 6.45) is 0. The minimum Gasteiger partial charge on any atom is -0.504 e. The Kier molecular flexibility index (Phi) is 16.5. The Morgan fingerprint density at radius 3 is 2.00 bits per heavy atom. The normalized spacial score (nSPS) is 6.00. The van der Waals surface area contributed by atoms with Crippen LogP contribution in [0.5, 0.6) is 0 Å². The summed E-state index contributed by atoms with van der Waals surface area (Å²) in [5, 5.41) is 0. The summed E-state index contributed by atoms with van der Waals surface area (Å²) in [6.45, 7) is 0. The Balaban J connectivity index is 0. The van der Waals surface area contributed by atoms with Crippen LogP contribution in [0.15, 0.2) is 0 Å². The second-order valence-corrected chi connectivity index (χ2v) is 0.456. The zero-order chi connectivity index (χ0) is 3.41. The van der Waals surface area contributed by atoms with Crippen LogP contribution in [0.4, 0.5) is 0 Å². The third kappa shape index (κ3) is 11.4. The number of hydrogen-bond acceptors (Lipinski definition) is 3. The number of rotatable bonds is 1. The van der Waals surface area contributed by atoms with Crippen molar-refractivity contribution in [1.29, 1.82) is 0 Å². The van der Waals surface area contributed by atoms with E-state index < -0.39 is 0 Å². The molecule has 0 unspecified atom stereocenters. The van der Waals surface area contributed by atoms with Gasteiger partial charge < -0.3 is 4.66 Å². The van der Waals surface area contributed by atoms with E-state index in [4.69, 9.17) is 4.66 Å². The molecule has 0 fully saturated rings. The first-order valence-electron chi connectivity index (χ1n) is 0.544. The van der Waals surface area contributed by atoms with Crippen LogP contribution >= 0.6 is 0 Å². The van der Waals surface area contributed by atoms with Crippen LogP contribution in [0.1, 0.15) is 0 Å². The first-order valence-corrected chi connectivity index (χ1v) is 1.16. The van der Waals surface area contributed by atoms with Crippen LogP contribution in [0.3, 0.4) is 0 Å². The molecular formula is H2ClNNbO2. The summed E-state index contributed by atoms with van der Waals surface area (Å²) >= 11 is 0.242. The molecule has 0 aliphatic carbocycles. The van der Waals surface area contributed by atoms with Gasteiger partial charge in [-0.2, -0.15) is 5.90 Å². The zero-order valence-corrected chi connectivity index (χ0v) is 5.17. The second-order valence-electron chi connectivity index (χ2n) is 0.152. The van der Waals surface area contributed by atoms with Gasteiger partial charge in [0.25, 0.3) is 0 Å². The van der Waals surface area contributed by atoms with Gasteiger partial charge in [0.05, 0.1) is 0 Å². The van der Waals surface area contributed by atoms with E-state index in [0.717, 1.165) is 0 Å². The summed E-state index contributed by atoms with van der Waals surface area (Å²) in [6, 6.07) is 0. The predicted molar refractivity (Wildman–Crippen MR) is 5.27 cm³/mol. The minimum absolute atomic E-state index is 0. The van der Waals surface area contributed by atoms with Crippen LogP contribution in [0, 0.1) is 11.3 Å². The SMILES string of the molecule is NO[Cl+][O-].[Nb]. The van der Waals surface area contributed by atoms with Gasteiger partial charge in [0.1, 0.15) is 0 Å². The fourth-order valence-electron chi connectivity index (χ4n) is 0. The van der Waals surface area contributed by atoms with Crippen LogP contribution in [-0.2, 0) is 26.8 Å². The summed E-state index contributed by atoms with van der Waals surface area (Å²) in [5.41, 5.74) is 0. The summed E-state index contributed by atoms with van der Waals surface area (Å²) in [5.74, 6) is 4.15. The summed E-state index contributed by atoms with van der Waals surface area (Å²) < 4.78 is 12.2. The molecule has 0 aromatic heterocycles. The van der Waals surface area contributed by atoms with Crippen molar-refractivity contribution in [2.45, 2.75) is 0 Å². The van der Waals surface area contributed by atoms with Gasteiger partial charge >= 0.3 is 11.3 Å². The molecule has 2 N–H and O–H groups in total. The molecule has 0 saturated carbocycles. The number of halogens is 1. The third-order valence-corrected chi connectivity index (χ3v) is 0.109. The van der Waals surface area contributed by atoms with Crippen molar-refractivity contribution in [3.8, 4) is 0 Å². The molecular weight excluding hydrogens is 174 g/mol. The molecule has 0 spiro atoms. The maximum atomic E-state index is 8.81. The molecule has 0 aromatic carbocycles. The molecule has 31 valence electrons. The topological polar surface area (TPSA) is 58.3 Å². The maximum Gasteiger partial charge on any atom is 0.351 e. The summed E-state index contributed by atoms with van der Waals surface area (Å²) in [7, 11) is 0. The molecule has 0 atom stereocenters. The van der Waals surface area contributed by atoms with Gasteiger partial charge in [0, 0.05) is 22.4 Å². The fraction of sp³-hybridized carbons (Fsp3) is 0. The quantitative estimate of drug-likeness (QED) is 0.377. The average molecular weight is 176 g/mol. The molecule has 0 rings (SSSR count). The summed E-state index contributed by atoms with van der Waals surface area (Å²) in [4.78, 5) is 0. The smallest absolute Gasteiger partial charge is 0.351 e. The molecule has 1 radical (unpaired) electrons. The largest absolute Gasteiger partial charge is 0.504 e. The molecule has 0 saturated heterocycles. The first-order chi connectivity index (χ1) is 1.91. The molecule has 3 nitrogen and oxygen atoms in total. The molecule has 0 heterocycles. The van der Waals surface area contributed by atoms with Crippen molar-refractivity contribution < 1.29 is 42.8 Å². The molecule has 5 heteroatoms. The van der Waals surface area contributed by atoms with Crippen molar-refractivity contribution in [2.24, 2.45) is 5.90 Å². The Morgan fingerprint density at radius 1 is 1.80 bits per heavy atom. The van der Waals surface area contributed by atoms with Gasteiger partial charge in [-0.3, -0.25) is 0 Å². The molecule has 0 amide bonds. The second kappa shape index (κ2) is 8.86. The number of nitrogens with two attached hydrogens (primary N) is 1. The predicted octanol–water partition coefficient (Wildman–Crippen LogP) is -1.85. The van der Waals surface area contributed by atoms with Crippen molar-refractivity contribution >= 4 is 0 Å². The van der Waals surface area contributed by atoms with Crippen LogP contribution < -0.4 is 10.6 Å². The minimum atomic E-state index is 0. The van der Waals surface area contributed by atoms with Crippen LogP contribution in [0.2, 0.25) is 0 Å². The van der Waals surface area contributed by atoms with Crippen molar-refractivity contribution in [2.75, 3.05) is 0 Å². The van der Waals surface area contributed by atoms with Gasteiger partial charge in [-0.05, 0) is 4.39 Å². The van der Waals surface area contributed by atoms with Gasteiger partial charge in [0.2, 0.25) is 0 Å². The van der Waals surface area contributed by atoms with E-state index in [1.165, 1.54) is 0 Å². The van der Waals surface area contributed by atoms with E-state index in [-0.39, 0.29) is 33.7 Å². The zero-order valence-electron chi connectivity index (χ0n) is 2.22. The van der Waals surface area contributed by atoms with Gasteiger partial charge in [-0.1, -0.05) is 0 Å². The average Bonchev–Trinajstić information content (AvgIpc) is 1.37. The third-order valence-electron chi connectivity index (χ3n) is 0.0364. The standard InChI is InChI=1S/ClH2NO2.Nb/c2-4-1-3;/h2H2;. The fourth-order valence-corrected chi connectivity index (χ4v) is 0. The molecule has 5 heavy (non-hydrogen) atoms. The Labute approximate surface area is 49.0 Å². The number of hydrogen-bond donors (Lipinski definition) is 1. The molecule has 0 aliphatic heterocycles. The van der Waals surface area contributed by atoms with E-state index in [1.807, 2.05) is 0 Å². The monoisotopic (exact) mass is 176 g/mol. The van der Waals surface area contributed by atoms with Crippen molar-refractivity contribution in [1.82, 2.24) is 0 Å². The van der Waals surface area contributed by atoms with E-state index >= 15 is 0 Å². The molecule has 0 aromatic rings. The van der Waals surface area contributed by atoms with E-state index in [9.17, 15) is 0 Å².